The molecule has 0 aromatic carbocycles. The van der Waals surface area contributed by atoms with Crippen LogP contribution in [0.4, 0.5) is 17.2 Å². The van der Waals surface area contributed by atoms with Gasteiger partial charge in [0, 0.05) is 42.4 Å². The Balaban J connectivity index is 1.45. The van der Waals surface area contributed by atoms with Crippen LogP contribution in [0.3, 0.4) is 0 Å². The Kier molecular flexibility index (Phi) is 5.94. The van der Waals surface area contributed by atoms with E-state index in [-0.39, 0.29) is 11.6 Å². The van der Waals surface area contributed by atoms with Gasteiger partial charge in [-0.05, 0) is 54.9 Å². The summed E-state index contributed by atoms with van der Waals surface area (Å²) in [7, 11) is 0. The van der Waals surface area contributed by atoms with Crippen LogP contribution in [0.1, 0.15) is 26.8 Å². The first kappa shape index (κ1) is 20.4. The van der Waals surface area contributed by atoms with Crippen molar-refractivity contribution in [3.63, 3.8) is 0 Å². The molecule has 2 aromatic rings. The van der Waals surface area contributed by atoms with Crippen LogP contribution in [0.2, 0.25) is 0 Å². The molecular formula is C21H28BrN5O2. The molecule has 4 rings (SSSR count). The van der Waals surface area contributed by atoms with Gasteiger partial charge in [-0.2, -0.15) is 0 Å². The number of nitrogens with one attached hydrogen (secondary N) is 1. The maximum absolute atomic E-state index is 12.7. The molecule has 4 heterocycles. The van der Waals surface area contributed by atoms with Crippen LogP contribution < -0.4 is 15.8 Å². The highest BCUT2D eigenvalue weighted by Gasteiger charge is 2.32. The van der Waals surface area contributed by atoms with Crippen molar-refractivity contribution in [2.45, 2.75) is 38.9 Å². The molecule has 2 fully saturated rings. The highest BCUT2D eigenvalue weighted by molar-refractivity contribution is 9.10. The SMILES string of the molecule is CC(C)n1cc(Br)cc(Nc2ccc(N3CCN(C4COC4)C[C@@H]3C)cn2)c1=O. The van der Waals surface area contributed by atoms with Gasteiger partial charge in [-0.15, -0.1) is 0 Å². The predicted molar refractivity (Wildman–Crippen MR) is 119 cm³/mol. The predicted octanol–water partition coefficient (Wildman–Crippen LogP) is 3.24. The summed E-state index contributed by atoms with van der Waals surface area (Å²) in [5, 5.41) is 3.17. The highest BCUT2D eigenvalue weighted by Crippen LogP contribution is 2.24. The molecule has 0 amide bonds. The molecule has 0 aliphatic carbocycles. The Morgan fingerprint density at radius 1 is 1.28 bits per heavy atom. The lowest BCUT2D eigenvalue weighted by molar-refractivity contribution is -0.0691. The lowest BCUT2D eigenvalue weighted by Crippen LogP contribution is -2.59. The minimum absolute atomic E-state index is 0.0567. The van der Waals surface area contributed by atoms with Crippen molar-refractivity contribution in [3.8, 4) is 0 Å². The van der Waals surface area contributed by atoms with Crippen LogP contribution in [-0.2, 0) is 4.74 Å². The molecule has 1 atom stereocenters. The van der Waals surface area contributed by atoms with Crippen molar-refractivity contribution in [1.82, 2.24) is 14.5 Å². The molecular weight excluding hydrogens is 434 g/mol. The van der Waals surface area contributed by atoms with Crippen molar-refractivity contribution in [2.75, 3.05) is 43.1 Å². The number of rotatable bonds is 5. The van der Waals surface area contributed by atoms with E-state index in [9.17, 15) is 4.79 Å². The second-order valence-electron chi connectivity index (χ2n) is 8.13. The van der Waals surface area contributed by atoms with Crippen LogP contribution in [0.25, 0.3) is 0 Å². The summed E-state index contributed by atoms with van der Waals surface area (Å²) in [5.41, 5.74) is 1.57. The summed E-state index contributed by atoms with van der Waals surface area (Å²) in [6, 6.07) is 6.91. The normalized spacial score (nSPS) is 20.7. The minimum Gasteiger partial charge on any atom is -0.378 e. The zero-order valence-electron chi connectivity index (χ0n) is 17.1. The van der Waals surface area contributed by atoms with Crippen LogP contribution in [-0.4, -0.2) is 59.4 Å². The average Bonchev–Trinajstić information content (AvgIpc) is 2.64. The van der Waals surface area contributed by atoms with Gasteiger partial charge in [0.25, 0.3) is 5.56 Å². The number of anilines is 3. The molecule has 2 aromatic heterocycles. The van der Waals surface area contributed by atoms with E-state index in [1.807, 2.05) is 32.3 Å². The second-order valence-corrected chi connectivity index (χ2v) is 9.05. The topological polar surface area (TPSA) is 62.6 Å². The molecule has 0 radical (unpaired) electrons. The van der Waals surface area contributed by atoms with E-state index in [4.69, 9.17) is 4.74 Å². The summed E-state index contributed by atoms with van der Waals surface area (Å²) >= 11 is 3.48. The van der Waals surface area contributed by atoms with Gasteiger partial charge in [-0.3, -0.25) is 9.69 Å². The quantitative estimate of drug-likeness (QED) is 0.737. The molecule has 2 aliphatic rings. The first-order valence-electron chi connectivity index (χ1n) is 10.2. The molecule has 7 nitrogen and oxygen atoms in total. The Labute approximate surface area is 179 Å². The fourth-order valence-electron chi connectivity index (χ4n) is 3.94. The average molecular weight is 462 g/mol. The van der Waals surface area contributed by atoms with E-state index in [2.05, 4.69) is 49.0 Å². The van der Waals surface area contributed by atoms with Crippen molar-refractivity contribution < 1.29 is 4.74 Å². The molecule has 0 unspecified atom stereocenters. The summed E-state index contributed by atoms with van der Waals surface area (Å²) in [5.74, 6) is 0.664. The van der Waals surface area contributed by atoms with Crippen LogP contribution in [0.15, 0.2) is 39.9 Å². The Bertz CT molecular complexity index is 910. The minimum atomic E-state index is -0.0567. The van der Waals surface area contributed by atoms with Gasteiger partial charge < -0.3 is 19.5 Å². The summed E-state index contributed by atoms with van der Waals surface area (Å²) < 4.78 is 7.89. The number of ether oxygens (including phenoxy) is 1. The number of aromatic nitrogens is 2. The highest BCUT2D eigenvalue weighted by atomic mass is 79.9. The first-order chi connectivity index (χ1) is 13.9. The van der Waals surface area contributed by atoms with Crippen LogP contribution >= 0.6 is 15.9 Å². The molecule has 0 saturated carbocycles. The largest absolute Gasteiger partial charge is 0.378 e. The molecule has 29 heavy (non-hydrogen) atoms. The molecule has 1 N–H and O–H groups in total. The third-order valence-corrected chi connectivity index (χ3v) is 6.14. The van der Waals surface area contributed by atoms with Gasteiger partial charge in [0.15, 0.2) is 0 Å². The Morgan fingerprint density at radius 3 is 2.66 bits per heavy atom. The second kappa shape index (κ2) is 8.45. The number of pyridine rings is 2. The van der Waals surface area contributed by atoms with Gasteiger partial charge in [-0.1, -0.05) is 0 Å². The van der Waals surface area contributed by atoms with Gasteiger partial charge >= 0.3 is 0 Å². The fraction of sp³-hybridized carbons (Fsp3) is 0.524. The van der Waals surface area contributed by atoms with Crippen LogP contribution in [0.5, 0.6) is 0 Å². The lowest BCUT2D eigenvalue weighted by Gasteiger charge is -2.46. The lowest BCUT2D eigenvalue weighted by atomic mass is 10.1. The number of hydrogen-bond donors (Lipinski definition) is 1. The van der Waals surface area contributed by atoms with Crippen LogP contribution in [0, 0.1) is 0 Å². The van der Waals surface area contributed by atoms with Crippen molar-refractivity contribution >= 4 is 33.1 Å². The van der Waals surface area contributed by atoms with Gasteiger partial charge in [0.1, 0.15) is 11.5 Å². The smallest absolute Gasteiger partial charge is 0.274 e. The molecule has 0 spiro atoms. The number of hydrogen-bond acceptors (Lipinski definition) is 6. The van der Waals surface area contributed by atoms with Crippen molar-refractivity contribution in [2.24, 2.45) is 0 Å². The van der Waals surface area contributed by atoms with E-state index in [1.165, 1.54) is 0 Å². The first-order valence-corrected chi connectivity index (χ1v) is 10.9. The third-order valence-electron chi connectivity index (χ3n) is 5.70. The molecule has 8 heteroatoms. The Hall–Kier alpha value is -1.90. The maximum atomic E-state index is 12.7. The Morgan fingerprint density at radius 2 is 2.07 bits per heavy atom. The monoisotopic (exact) mass is 461 g/mol. The van der Waals surface area contributed by atoms with Crippen molar-refractivity contribution in [3.05, 3.63) is 45.4 Å². The van der Waals surface area contributed by atoms with E-state index in [0.29, 0.717) is 23.6 Å². The third kappa shape index (κ3) is 4.34. The van der Waals surface area contributed by atoms with Crippen molar-refractivity contribution in [1.29, 1.82) is 0 Å². The maximum Gasteiger partial charge on any atom is 0.274 e. The van der Waals surface area contributed by atoms with E-state index >= 15 is 0 Å². The fourth-order valence-corrected chi connectivity index (χ4v) is 4.39. The van der Waals surface area contributed by atoms with Gasteiger partial charge in [-0.25, -0.2) is 4.98 Å². The molecule has 156 valence electrons. The van der Waals surface area contributed by atoms with E-state index < -0.39 is 0 Å². The van der Waals surface area contributed by atoms with E-state index in [1.54, 1.807) is 10.6 Å². The molecule has 0 bridgehead atoms. The standard InChI is InChI=1S/C21H28BrN5O2/c1-14(2)27-11-16(22)8-19(21(27)28)24-20-5-4-17(9-23-20)26-7-6-25(10-15(26)3)18-12-29-13-18/h4-5,8-9,11,14-15,18H,6-7,10,12-13H2,1-3H3,(H,23,24)/t15-/m0/s1. The number of nitrogens with zero attached hydrogens (tertiary/aromatic N) is 4. The summed E-state index contributed by atoms with van der Waals surface area (Å²) in [4.78, 5) is 22.2. The van der Waals surface area contributed by atoms with Gasteiger partial charge in [0.2, 0.25) is 0 Å². The number of piperazine rings is 1. The van der Waals surface area contributed by atoms with Gasteiger partial charge in [0.05, 0.1) is 31.1 Å². The zero-order valence-corrected chi connectivity index (χ0v) is 18.7. The summed E-state index contributed by atoms with van der Waals surface area (Å²) in [6.45, 7) is 11.0. The van der Waals surface area contributed by atoms with E-state index in [0.717, 1.165) is 43.0 Å². The number of halogens is 1. The zero-order chi connectivity index (χ0) is 20.5. The molecule has 2 aliphatic heterocycles. The summed E-state index contributed by atoms with van der Waals surface area (Å²) in [6.07, 6.45) is 3.70. The molecule has 2 saturated heterocycles.